The van der Waals surface area contributed by atoms with Crippen LogP contribution in [-0.4, -0.2) is 61.3 Å². The molecule has 4 aromatic rings. The number of fused-ring (bicyclic) bond motifs is 3. The van der Waals surface area contributed by atoms with Gasteiger partial charge in [-0.2, -0.15) is 0 Å². The molecular weight excluding hydrogens is 561 g/mol. The largest absolute Gasteiger partial charge is 0.496 e. The number of aromatic nitrogens is 2. The number of carbonyl (C=O) groups excluding carboxylic acids is 2. The summed E-state index contributed by atoms with van der Waals surface area (Å²) in [5.74, 6) is -0.499. The second kappa shape index (κ2) is 10.5. The molecule has 0 radical (unpaired) electrons. The van der Waals surface area contributed by atoms with Gasteiger partial charge < -0.3 is 29.7 Å². The second-order valence-corrected chi connectivity index (χ2v) is 11.6. The van der Waals surface area contributed by atoms with E-state index in [1.165, 1.54) is 50.0 Å². The third-order valence-electron chi connectivity index (χ3n) is 7.98. The first kappa shape index (κ1) is 26.6. The lowest BCUT2D eigenvalue weighted by molar-refractivity contribution is 0.0103. The van der Waals surface area contributed by atoms with E-state index < -0.39 is 11.8 Å². The first-order valence-electron chi connectivity index (χ1n) is 13.7. The molecule has 2 N–H and O–H groups in total. The fourth-order valence-corrected chi connectivity index (χ4v) is 6.90. The maximum Gasteiger partial charge on any atom is 0.261 e. The van der Waals surface area contributed by atoms with Gasteiger partial charge in [-0.15, -0.1) is 0 Å². The minimum Gasteiger partial charge on any atom is -0.496 e. The quantitative estimate of drug-likeness (QED) is 0.288. The summed E-state index contributed by atoms with van der Waals surface area (Å²) < 4.78 is 31.4. The molecule has 2 amide bonds. The lowest BCUT2D eigenvalue weighted by Gasteiger charge is -2.52. The molecule has 2 aromatic heterocycles. The summed E-state index contributed by atoms with van der Waals surface area (Å²) in [7, 11) is 2.94. The van der Waals surface area contributed by atoms with Gasteiger partial charge in [-0.1, -0.05) is 11.3 Å². The van der Waals surface area contributed by atoms with E-state index >= 15 is 0 Å². The van der Waals surface area contributed by atoms with Crippen molar-refractivity contribution in [1.29, 1.82) is 0 Å². The van der Waals surface area contributed by atoms with Crippen LogP contribution in [0.2, 0.25) is 0 Å². The molecule has 3 fully saturated rings. The van der Waals surface area contributed by atoms with Crippen molar-refractivity contribution in [3.05, 3.63) is 65.1 Å². The monoisotopic (exact) mass is 589 g/mol. The number of pyridine rings is 1. The van der Waals surface area contributed by atoms with Gasteiger partial charge in [0.05, 0.1) is 67.2 Å². The van der Waals surface area contributed by atoms with Crippen molar-refractivity contribution in [3.63, 3.8) is 0 Å². The summed E-state index contributed by atoms with van der Waals surface area (Å²) in [4.78, 5) is 38.6. The highest BCUT2D eigenvalue weighted by Crippen LogP contribution is 2.43. The highest BCUT2D eigenvalue weighted by atomic mass is 32.1. The number of methoxy groups -OCH3 is 2. The van der Waals surface area contributed by atoms with Crippen molar-refractivity contribution >= 4 is 49.9 Å². The molecular formula is C30H28FN5O5S. The molecule has 2 saturated heterocycles. The molecule has 3 aliphatic rings. The third-order valence-corrected chi connectivity index (χ3v) is 9.08. The van der Waals surface area contributed by atoms with Crippen LogP contribution in [0.3, 0.4) is 0 Å². The van der Waals surface area contributed by atoms with Crippen molar-refractivity contribution in [2.75, 3.05) is 43.0 Å². The summed E-state index contributed by atoms with van der Waals surface area (Å²) in [5, 5.41) is 6.52. The number of nitrogens with one attached hydrogen (secondary N) is 2. The molecule has 0 spiro atoms. The van der Waals surface area contributed by atoms with E-state index in [1.54, 1.807) is 12.1 Å². The molecule has 1 aliphatic carbocycles. The predicted octanol–water partition coefficient (Wildman–Crippen LogP) is 5.21. The van der Waals surface area contributed by atoms with Gasteiger partial charge in [-0.3, -0.25) is 9.59 Å². The lowest BCUT2D eigenvalue weighted by atomic mass is 9.92. The van der Waals surface area contributed by atoms with Gasteiger partial charge >= 0.3 is 0 Å². The van der Waals surface area contributed by atoms with E-state index in [-0.39, 0.29) is 40.9 Å². The molecule has 2 unspecified atom stereocenters. The smallest absolute Gasteiger partial charge is 0.261 e. The van der Waals surface area contributed by atoms with Crippen molar-refractivity contribution < 1.29 is 28.2 Å². The lowest BCUT2D eigenvalue weighted by Crippen LogP contribution is -2.64. The average Bonchev–Trinajstić information content (AvgIpc) is 3.76. The molecule has 216 valence electrons. The fourth-order valence-electron chi connectivity index (χ4n) is 5.66. The van der Waals surface area contributed by atoms with Crippen molar-refractivity contribution in [1.82, 2.24) is 9.97 Å². The van der Waals surface area contributed by atoms with Gasteiger partial charge in [0, 0.05) is 11.8 Å². The van der Waals surface area contributed by atoms with E-state index in [2.05, 4.69) is 20.5 Å². The topological polar surface area (TPSA) is 115 Å². The number of halogens is 1. The highest BCUT2D eigenvalue weighted by molar-refractivity contribution is 7.22. The van der Waals surface area contributed by atoms with Crippen LogP contribution in [0, 0.1) is 5.82 Å². The van der Waals surface area contributed by atoms with Crippen molar-refractivity contribution in [2.24, 2.45) is 0 Å². The Bertz CT molecular complexity index is 1710. The Hall–Kier alpha value is -4.29. The Balaban J connectivity index is 1.20. The molecule has 2 atom stereocenters. The number of anilines is 3. The Morgan fingerprint density at radius 3 is 2.57 bits per heavy atom. The summed E-state index contributed by atoms with van der Waals surface area (Å²) >= 11 is 1.43. The van der Waals surface area contributed by atoms with Crippen LogP contribution in [0.4, 0.5) is 20.9 Å². The van der Waals surface area contributed by atoms with E-state index in [0.717, 1.165) is 24.4 Å². The van der Waals surface area contributed by atoms with E-state index in [0.29, 0.717) is 46.0 Å². The molecule has 42 heavy (non-hydrogen) atoms. The Kier molecular flexibility index (Phi) is 6.66. The number of thiazole rings is 1. The molecule has 1 saturated carbocycles. The van der Waals surface area contributed by atoms with Crippen molar-refractivity contribution in [2.45, 2.75) is 37.3 Å². The van der Waals surface area contributed by atoms with Crippen LogP contribution in [0.15, 0.2) is 42.6 Å². The molecule has 2 aromatic carbocycles. The maximum absolute atomic E-state index is 14.3. The number of benzene rings is 2. The molecule has 2 aliphatic heterocycles. The molecule has 4 heterocycles. The summed E-state index contributed by atoms with van der Waals surface area (Å²) in [6.45, 7) is 1.33. The molecule has 10 nitrogen and oxygen atoms in total. The van der Waals surface area contributed by atoms with E-state index in [1.807, 2.05) is 6.07 Å². The van der Waals surface area contributed by atoms with Gasteiger partial charge in [-0.05, 0) is 61.1 Å². The standard InChI is InChI=1S/C30H28FN5O5S/c1-39-24-8-7-22-27(42-30(35-22)36-17-10-18(36)14-41-13-17)26(24)29(38)34-23-12-32-25(40-2)11-20(23)28(37)33-16-5-6-21(31)19(9-16)15-3-4-15/h5-9,11-12,15,17-18H,3-4,10,13-14H2,1-2H3,(H,33,37)(H,34,38). The van der Waals surface area contributed by atoms with E-state index in [9.17, 15) is 14.0 Å². The number of rotatable bonds is 8. The number of hydrogen-bond acceptors (Lipinski definition) is 9. The van der Waals surface area contributed by atoms with Crippen LogP contribution in [0.1, 0.15) is 51.5 Å². The van der Waals surface area contributed by atoms with Gasteiger partial charge in [0.25, 0.3) is 11.8 Å². The first-order chi connectivity index (χ1) is 20.4. The van der Waals surface area contributed by atoms with Crippen LogP contribution in [-0.2, 0) is 4.74 Å². The zero-order valence-electron chi connectivity index (χ0n) is 23.0. The summed E-state index contributed by atoms with van der Waals surface area (Å²) in [6, 6.07) is 10.1. The number of carbonyl (C=O) groups is 2. The normalized spacial score (nSPS) is 19.3. The summed E-state index contributed by atoms with van der Waals surface area (Å²) in [6.07, 6.45) is 4.30. The maximum atomic E-state index is 14.3. The van der Waals surface area contributed by atoms with Gasteiger partial charge in [0.15, 0.2) is 5.13 Å². The van der Waals surface area contributed by atoms with Gasteiger partial charge in [0.1, 0.15) is 17.1 Å². The molecule has 2 bridgehead atoms. The zero-order chi connectivity index (χ0) is 29.0. The van der Waals surface area contributed by atoms with E-state index in [4.69, 9.17) is 19.2 Å². The van der Waals surface area contributed by atoms with Gasteiger partial charge in [0.2, 0.25) is 5.88 Å². The minimum absolute atomic E-state index is 0.136. The summed E-state index contributed by atoms with van der Waals surface area (Å²) in [5.41, 5.74) is 2.36. The fraction of sp³-hybridized carbons (Fsp3) is 0.333. The van der Waals surface area contributed by atoms with Gasteiger partial charge in [-0.25, -0.2) is 14.4 Å². The van der Waals surface area contributed by atoms with Crippen LogP contribution < -0.4 is 25.0 Å². The van der Waals surface area contributed by atoms with Crippen LogP contribution in [0.25, 0.3) is 10.2 Å². The molecule has 12 heteroatoms. The Morgan fingerprint density at radius 2 is 1.86 bits per heavy atom. The second-order valence-electron chi connectivity index (χ2n) is 10.7. The number of nitrogens with zero attached hydrogens (tertiary/aromatic N) is 3. The number of morpholine rings is 1. The van der Waals surface area contributed by atoms with Crippen molar-refractivity contribution in [3.8, 4) is 11.6 Å². The van der Waals surface area contributed by atoms with Crippen LogP contribution >= 0.6 is 11.3 Å². The zero-order valence-corrected chi connectivity index (χ0v) is 23.8. The number of hydrogen-bond donors (Lipinski definition) is 2. The highest BCUT2D eigenvalue weighted by Gasteiger charge is 2.44. The average molecular weight is 590 g/mol. The number of ether oxygens (including phenoxy) is 3. The molecule has 7 rings (SSSR count). The third kappa shape index (κ3) is 4.70. The minimum atomic E-state index is -0.504. The first-order valence-corrected chi connectivity index (χ1v) is 14.5. The number of amides is 2. The Morgan fingerprint density at radius 1 is 1.05 bits per heavy atom. The predicted molar refractivity (Wildman–Crippen MR) is 157 cm³/mol. The Labute approximate surface area is 244 Å². The SMILES string of the molecule is COc1cc(C(=O)Nc2ccc(F)c(C3CC3)c2)c(NC(=O)c2c(OC)ccc3nc(N4C5COCC4C5)sc23)cn1. The van der Waals surface area contributed by atoms with Crippen LogP contribution in [0.5, 0.6) is 11.6 Å².